The minimum atomic E-state index is -0.0686. The molecule has 4 heteroatoms. The number of aliphatic hydroxyl groups excluding tert-OH is 1. The van der Waals surface area contributed by atoms with E-state index in [1.165, 1.54) is 23.0 Å². The quantitative estimate of drug-likeness (QED) is 0.864. The van der Waals surface area contributed by atoms with Crippen LogP contribution in [0.1, 0.15) is 22.4 Å². The average molecular weight is 243 g/mol. The Morgan fingerprint density at radius 3 is 2.67 bits per heavy atom. The Labute approximate surface area is 107 Å². The van der Waals surface area contributed by atoms with Crippen LogP contribution < -0.4 is 5.32 Å². The zero-order valence-corrected chi connectivity index (χ0v) is 10.6. The molecule has 0 spiro atoms. The number of hydrogen-bond donors (Lipinski definition) is 2. The molecule has 1 heterocycles. The number of aryl methyl sites for hydroxylation is 2. The van der Waals surface area contributed by atoms with Gasteiger partial charge in [-0.3, -0.25) is 0 Å². The van der Waals surface area contributed by atoms with Crippen LogP contribution in [0.4, 0.5) is 5.82 Å². The predicted octanol–water partition coefficient (Wildman–Crippen LogP) is 2.20. The van der Waals surface area contributed by atoms with Gasteiger partial charge in [-0.2, -0.15) is 0 Å². The maximum Gasteiger partial charge on any atom is 0.129 e. The Balaban J connectivity index is 2.04. The summed E-state index contributed by atoms with van der Waals surface area (Å²) in [6.07, 6.45) is 1.45. The van der Waals surface area contributed by atoms with Crippen molar-refractivity contribution in [1.29, 1.82) is 0 Å². The number of benzene rings is 1. The van der Waals surface area contributed by atoms with Crippen molar-refractivity contribution >= 4 is 5.82 Å². The molecule has 0 unspecified atom stereocenters. The van der Waals surface area contributed by atoms with Crippen LogP contribution in [-0.4, -0.2) is 15.1 Å². The monoisotopic (exact) mass is 243 g/mol. The number of aliphatic hydroxyl groups is 1. The molecule has 4 nitrogen and oxygen atoms in total. The van der Waals surface area contributed by atoms with Gasteiger partial charge in [-0.15, -0.1) is 0 Å². The lowest BCUT2D eigenvalue weighted by atomic mass is 10.1. The highest BCUT2D eigenvalue weighted by molar-refractivity contribution is 5.37. The third-order valence-corrected chi connectivity index (χ3v) is 2.93. The summed E-state index contributed by atoms with van der Waals surface area (Å²) in [5.41, 5.74) is 4.41. The summed E-state index contributed by atoms with van der Waals surface area (Å²) in [4.78, 5) is 8.05. The largest absolute Gasteiger partial charge is 0.390 e. The van der Waals surface area contributed by atoms with Crippen LogP contribution >= 0.6 is 0 Å². The molecule has 0 aliphatic heterocycles. The van der Waals surface area contributed by atoms with Crippen LogP contribution in [0.5, 0.6) is 0 Å². The molecule has 0 fully saturated rings. The Bertz CT molecular complexity index is 540. The maximum absolute atomic E-state index is 9.00. The van der Waals surface area contributed by atoms with Crippen molar-refractivity contribution in [3.8, 4) is 0 Å². The number of nitrogens with zero attached hydrogens (tertiary/aromatic N) is 2. The molecular weight excluding hydrogens is 226 g/mol. The van der Waals surface area contributed by atoms with Gasteiger partial charge >= 0.3 is 0 Å². The van der Waals surface area contributed by atoms with Crippen molar-refractivity contribution < 1.29 is 5.11 Å². The molecule has 2 N–H and O–H groups in total. The van der Waals surface area contributed by atoms with E-state index in [9.17, 15) is 0 Å². The molecule has 0 aliphatic rings. The zero-order chi connectivity index (χ0) is 13.0. The number of hydrogen-bond acceptors (Lipinski definition) is 4. The van der Waals surface area contributed by atoms with E-state index in [-0.39, 0.29) is 6.61 Å². The lowest BCUT2D eigenvalue weighted by molar-refractivity contribution is 0.276. The normalized spacial score (nSPS) is 10.4. The molecule has 0 atom stereocenters. The molecule has 2 rings (SSSR count). The van der Waals surface area contributed by atoms with Gasteiger partial charge in [0.05, 0.1) is 12.3 Å². The molecule has 0 bridgehead atoms. The first kappa shape index (κ1) is 12.5. The summed E-state index contributed by atoms with van der Waals surface area (Å²) in [5.74, 6) is 0.729. The zero-order valence-electron chi connectivity index (χ0n) is 10.6. The summed E-state index contributed by atoms with van der Waals surface area (Å²) in [6, 6.07) is 8.13. The maximum atomic E-state index is 9.00. The van der Waals surface area contributed by atoms with Gasteiger partial charge < -0.3 is 10.4 Å². The van der Waals surface area contributed by atoms with E-state index in [2.05, 4.69) is 47.3 Å². The predicted molar refractivity (Wildman–Crippen MR) is 71.2 cm³/mol. The van der Waals surface area contributed by atoms with Gasteiger partial charge in [-0.25, -0.2) is 9.97 Å². The van der Waals surface area contributed by atoms with Crippen LogP contribution in [0.3, 0.4) is 0 Å². The third-order valence-electron chi connectivity index (χ3n) is 2.93. The number of aromatic nitrogens is 2. The van der Waals surface area contributed by atoms with E-state index in [0.29, 0.717) is 12.2 Å². The number of anilines is 1. The van der Waals surface area contributed by atoms with E-state index >= 15 is 0 Å². The van der Waals surface area contributed by atoms with E-state index in [4.69, 9.17) is 5.11 Å². The van der Waals surface area contributed by atoms with Crippen LogP contribution in [-0.2, 0) is 13.2 Å². The van der Waals surface area contributed by atoms with Gasteiger partial charge in [0.15, 0.2) is 0 Å². The number of rotatable bonds is 4. The first-order valence-corrected chi connectivity index (χ1v) is 5.91. The molecular formula is C14H17N3O. The van der Waals surface area contributed by atoms with Gasteiger partial charge in [0.1, 0.15) is 12.1 Å². The lowest BCUT2D eigenvalue weighted by Crippen LogP contribution is -2.03. The van der Waals surface area contributed by atoms with Crippen LogP contribution in [0, 0.1) is 13.8 Å². The average Bonchev–Trinajstić information content (AvgIpc) is 2.40. The summed E-state index contributed by atoms with van der Waals surface area (Å²) in [6.45, 7) is 4.85. The van der Waals surface area contributed by atoms with E-state index in [1.54, 1.807) is 6.07 Å². The van der Waals surface area contributed by atoms with Gasteiger partial charge in [0.2, 0.25) is 0 Å². The van der Waals surface area contributed by atoms with Crippen molar-refractivity contribution in [3.63, 3.8) is 0 Å². The lowest BCUT2D eigenvalue weighted by Gasteiger charge is -2.08. The standard InChI is InChI=1S/C14H17N3O/c1-10-3-4-12(5-11(10)2)7-15-14-6-13(8-18)16-9-17-14/h3-6,9,18H,7-8H2,1-2H3,(H,15,16,17). The molecule has 0 radical (unpaired) electrons. The first-order chi connectivity index (χ1) is 8.69. The smallest absolute Gasteiger partial charge is 0.129 e. The Hall–Kier alpha value is -1.94. The molecule has 94 valence electrons. The minimum absolute atomic E-state index is 0.0686. The fraction of sp³-hybridized carbons (Fsp3) is 0.286. The second kappa shape index (κ2) is 5.60. The topological polar surface area (TPSA) is 58.0 Å². The van der Waals surface area contributed by atoms with Crippen LogP contribution in [0.2, 0.25) is 0 Å². The molecule has 1 aromatic carbocycles. The van der Waals surface area contributed by atoms with Gasteiger partial charge in [-0.05, 0) is 30.5 Å². The van der Waals surface area contributed by atoms with Crippen LogP contribution in [0.15, 0.2) is 30.6 Å². The second-order valence-electron chi connectivity index (χ2n) is 4.32. The van der Waals surface area contributed by atoms with Crippen LogP contribution in [0.25, 0.3) is 0 Å². The van der Waals surface area contributed by atoms with Gasteiger partial charge in [0, 0.05) is 12.6 Å². The molecule has 2 aromatic rings. The third kappa shape index (κ3) is 3.05. The highest BCUT2D eigenvalue weighted by Crippen LogP contribution is 2.12. The van der Waals surface area contributed by atoms with E-state index in [0.717, 1.165) is 5.82 Å². The fourth-order valence-electron chi connectivity index (χ4n) is 1.69. The van der Waals surface area contributed by atoms with Gasteiger partial charge in [-0.1, -0.05) is 18.2 Å². The molecule has 1 aromatic heterocycles. The minimum Gasteiger partial charge on any atom is -0.390 e. The second-order valence-corrected chi connectivity index (χ2v) is 4.32. The van der Waals surface area contributed by atoms with Crippen molar-refractivity contribution in [1.82, 2.24) is 9.97 Å². The fourth-order valence-corrected chi connectivity index (χ4v) is 1.69. The Morgan fingerprint density at radius 1 is 1.11 bits per heavy atom. The van der Waals surface area contributed by atoms with E-state index < -0.39 is 0 Å². The van der Waals surface area contributed by atoms with Crippen molar-refractivity contribution in [2.75, 3.05) is 5.32 Å². The highest BCUT2D eigenvalue weighted by atomic mass is 16.3. The number of nitrogens with one attached hydrogen (secondary N) is 1. The molecule has 18 heavy (non-hydrogen) atoms. The summed E-state index contributed by atoms with van der Waals surface area (Å²) in [5, 5.41) is 12.2. The molecule has 0 amide bonds. The van der Waals surface area contributed by atoms with E-state index in [1.807, 2.05) is 0 Å². The summed E-state index contributed by atoms with van der Waals surface area (Å²) >= 11 is 0. The van der Waals surface area contributed by atoms with Crippen molar-refractivity contribution in [3.05, 3.63) is 53.0 Å². The first-order valence-electron chi connectivity index (χ1n) is 5.91. The highest BCUT2D eigenvalue weighted by Gasteiger charge is 1.99. The van der Waals surface area contributed by atoms with Crippen molar-refractivity contribution in [2.24, 2.45) is 0 Å². The summed E-state index contributed by atoms with van der Waals surface area (Å²) in [7, 11) is 0. The van der Waals surface area contributed by atoms with Crippen molar-refractivity contribution in [2.45, 2.75) is 27.0 Å². The Morgan fingerprint density at radius 2 is 1.94 bits per heavy atom. The summed E-state index contributed by atoms with van der Waals surface area (Å²) < 4.78 is 0. The molecule has 0 aliphatic carbocycles. The Kier molecular flexibility index (Phi) is 3.89. The molecule has 0 saturated carbocycles. The molecule has 0 saturated heterocycles. The SMILES string of the molecule is Cc1ccc(CNc2cc(CO)ncn2)cc1C. The van der Waals surface area contributed by atoms with Gasteiger partial charge in [0.25, 0.3) is 0 Å².